The van der Waals surface area contributed by atoms with E-state index in [1.165, 1.54) is 6.07 Å². The second kappa shape index (κ2) is 7.89. The highest BCUT2D eigenvalue weighted by Gasteiger charge is 2.29. The highest BCUT2D eigenvalue weighted by molar-refractivity contribution is 7.92. The standard InChI is InChI=1S/C17H17N3O5S2/c1-12-4-6-13(7-5-12)16(22)25-11-14(21)20-9-8-18-17(20)19-27(23,24)15-3-2-10-26-15/h2-7,10H,8-9,11H2,1H3,(H,18,19). The number of rotatable bonds is 5. The van der Waals surface area contributed by atoms with Crippen molar-refractivity contribution in [1.82, 2.24) is 9.62 Å². The minimum Gasteiger partial charge on any atom is -0.452 e. The largest absolute Gasteiger partial charge is 0.452 e. The van der Waals surface area contributed by atoms with Crippen LogP contribution in [0, 0.1) is 6.92 Å². The smallest absolute Gasteiger partial charge is 0.338 e. The van der Waals surface area contributed by atoms with E-state index in [0.717, 1.165) is 21.8 Å². The van der Waals surface area contributed by atoms with Gasteiger partial charge in [0.05, 0.1) is 12.1 Å². The number of amides is 1. The number of nitrogens with one attached hydrogen (secondary N) is 1. The third-order valence-electron chi connectivity index (χ3n) is 3.74. The lowest BCUT2D eigenvalue weighted by Gasteiger charge is -2.18. The Labute approximate surface area is 160 Å². The van der Waals surface area contributed by atoms with Crippen molar-refractivity contribution >= 4 is 39.2 Å². The van der Waals surface area contributed by atoms with E-state index in [2.05, 4.69) is 9.71 Å². The quantitative estimate of drug-likeness (QED) is 0.754. The number of esters is 1. The number of nitrogens with zero attached hydrogens (tertiary/aromatic N) is 2. The number of sulfonamides is 1. The van der Waals surface area contributed by atoms with Crippen LogP contribution in [0.3, 0.4) is 0 Å². The predicted molar refractivity (Wildman–Crippen MR) is 100 cm³/mol. The van der Waals surface area contributed by atoms with Gasteiger partial charge in [-0.05, 0) is 30.5 Å². The molecule has 2 heterocycles. The van der Waals surface area contributed by atoms with Gasteiger partial charge in [0.2, 0.25) is 5.96 Å². The second-order valence-electron chi connectivity index (χ2n) is 5.73. The summed E-state index contributed by atoms with van der Waals surface area (Å²) in [5, 5.41) is 1.64. The van der Waals surface area contributed by atoms with Crippen LogP contribution in [0.25, 0.3) is 0 Å². The molecule has 1 N–H and O–H groups in total. The summed E-state index contributed by atoms with van der Waals surface area (Å²) in [5.74, 6) is -1.25. The molecule has 2 aromatic rings. The van der Waals surface area contributed by atoms with E-state index < -0.39 is 28.5 Å². The first-order chi connectivity index (χ1) is 12.9. The van der Waals surface area contributed by atoms with Crippen molar-refractivity contribution in [2.75, 3.05) is 19.7 Å². The maximum absolute atomic E-state index is 12.4. The number of carbonyl (C=O) groups excluding carboxylic acids is 2. The molecule has 27 heavy (non-hydrogen) atoms. The normalized spacial score (nSPS) is 14.0. The molecule has 3 rings (SSSR count). The van der Waals surface area contributed by atoms with Gasteiger partial charge in [-0.25, -0.2) is 17.9 Å². The van der Waals surface area contributed by atoms with Gasteiger partial charge in [-0.15, -0.1) is 11.3 Å². The van der Waals surface area contributed by atoms with Crippen LogP contribution in [-0.2, 0) is 19.6 Å². The molecule has 0 atom stereocenters. The summed E-state index contributed by atoms with van der Waals surface area (Å²) in [6, 6.07) is 9.83. The predicted octanol–water partition coefficient (Wildman–Crippen LogP) is 1.39. The minimum absolute atomic E-state index is 0.0696. The first kappa shape index (κ1) is 19.1. The molecule has 0 saturated heterocycles. The molecule has 0 saturated carbocycles. The van der Waals surface area contributed by atoms with Crippen LogP contribution in [-0.4, -0.2) is 50.9 Å². The Balaban J connectivity index is 1.60. The molecule has 142 valence electrons. The first-order valence-corrected chi connectivity index (χ1v) is 10.4. The van der Waals surface area contributed by atoms with Crippen LogP contribution < -0.4 is 4.72 Å². The summed E-state index contributed by atoms with van der Waals surface area (Å²) >= 11 is 1.06. The van der Waals surface area contributed by atoms with Gasteiger partial charge in [-0.1, -0.05) is 23.8 Å². The fourth-order valence-corrected chi connectivity index (χ4v) is 4.36. The van der Waals surface area contributed by atoms with Gasteiger partial charge in [0, 0.05) is 6.54 Å². The lowest BCUT2D eigenvalue weighted by molar-refractivity contribution is -0.130. The number of ether oxygens (including phenoxy) is 1. The van der Waals surface area contributed by atoms with Crippen molar-refractivity contribution in [2.24, 2.45) is 4.99 Å². The molecular weight excluding hydrogens is 390 g/mol. The lowest BCUT2D eigenvalue weighted by Crippen LogP contribution is -2.46. The van der Waals surface area contributed by atoms with Crippen molar-refractivity contribution in [2.45, 2.75) is 11.1 Å². The first-order valence-electron chi connectivity index (χ1n) is 8.02. The van der Waals surface area contributed by atoms with E-state index in [1.807, 2.05) is 6.92 Å². The lowest BCUT2D eigenvalue weighted by atomic mass is 10.1. The van der Waals surface area contributed by atoms with E-state index in [4.69, 9.17) is 4.74 Å². The number of aliphatic imine (C=N–C) groups is 1. The van der Waals surface area contributed by atoms with Crippen LogP contribution in [0.1, 0.15) is 15.9 Å². The van der Waals surface area contributed by atoms with Crippen molar-refractivity contribution in [3.8, 4) is 0 Å². The third kappa shape index (κ3) is 4.52. The fraction of sp³-hybridized carbons (Fsp3) is 0.235. The SMILES string of the molecule is Cc1ccc(C(=O)OCC(=O)N2CCN=C2NS(=O)(=O)c2cccs2)cc1. The van der Waals surface area contributed by atoms with Gasteiger partial charge in [-0.2, -0.15) is 0 Å². The number of hydrogen-bond donors (Lipinski definition) is 1. The van der Waals surface area contributed by atoms with Gasteiger partial charge in [0.15, 0.2) is 6.61 Å². The van der Waals surface area contributed by atoms with Crippen molar-refractivity contribution in [1.29, 1.82) is 0 Å². The van der Waals surface area contributed by atoms with Gasteiger partial charge in [-0.3, -0.25) is 14.7 Å². The summed E-state index contributed by atoms with van der Waals surface area (Å²) < 4.78 is 32.0. The second-order valence-corrected chi connectivity index (χ2v) is 8.59. The van der Waals surface area contributed by atoms with Crippen molar-refractivity contribution < 1.29 is 22.7 Å². The summed E-state index contributed by atoms with van der Waals surface area (Å²) in [7, 11) is -3.81. The molecule has 10 heteroatoms. The van der Waals surface area contributed by atoms with Crippen LogP contribution >= 0.6 is 11.3 Å². The van der Waals surface area contributed by atoms with E-state index in [-0.39, 0.29) is 23.3 Å². The Hall–Kier alpha value is -2.72. The molecule has 1 aliphatic heterocycles. The zero-order valence-corrected chi connectivity index (χ0v) is 16.0. The summed E-state index contributed by atoms with van der Waals surface area (Å²) in [5.41, 5.74) is 1.33. The Morgan fingerprint density at radius 1 is 1.26 bits per heavy atom. The highest BCUT2D eigenvalue weighted by Crippen LogP contribution is 2.16. The highest BCUT2D eigenvalue weighted by atomic mass is 32.2. The number of hydrogen-bond acceptors (Lipinski definition) is 7. The van der Waals surface area contributed by atoms with Gasteiger partial charge >= 0.3 is 5.97 Å². The van der Waals surface area contributed by atoms with E-state index in [1.54, 1.807) is 35.7 Å². The van der Waals surface area contributed by atoms with Gasteiger partial charge in [0.25, 0.3) is 15.9 Å². The molecular formula is C17H17N3O5S2. The molecule has 0 fully saturated rings. The van der Waals surface area contributed by atoms with E-state index in [9.17, 15) is 18.0 Å². The van der Waals surface area contributed by atoms with Crippen LogP contribution in [0.4, 0.5) is 0 Å². The van der Waals surface area contributed by atoms with Crippen LogP contribution in [0.2, 0.25) is 0 Å². The molecule has 1 amide bonds. The monoisotopic (exact) mass is 407 g/mol. The number of guanidine groups is 1. The maximum Gasteiger partial charge on any atom is 0.338 e. The van der Waals surface area contributed by atoms with Crippen molar-refractivity contribution in [3.63, 3.8) is 0 Å². The fourth-order valence-electron chi connectivity index (χ4n) is 2.34. The Morgan fingerprint density at radius 3 is 2.67 bits per heavy atom. The van der Waals surface area contributed by atoms with Gasteiger partial charge in [0.1, 0.15) is 4.21 Å². The van der Waals surface area contributed by atoms with Gasteiger partial charge < -0.3 is 4.74 Å². The minimum atomic E-state index is -3.81. The molecule has 0 aliphatic carbocycles. The number of benzene rings is 1. The Bertz CT molecular complexity index is 967. The zero-order valence-electron chi connectivity index (χ0n) is 14.4. The molecule has 8 nitrogen and oxygen atoms in total. The summed E-state index contributed by atoms with van der Waals surface area (Å²) in [6.45, 7) is 1.86. The maximum atomic E-state index is 12.4. The zero-order chi connectivity index (χ0) is 19.4. The van der Waals surface area contributed by atoms with Crippen LogP contribution in [0.15, 0.2) is 51.0 Å². The number of carbonyl (C=O) groups is 2. The molecule has 1 aromatic heterocycles. The van der Waals surface area contributed by atoms with E-state index in [0.29, 0.717) is 5.56 Å². The van der Waals surface area contributed by atoms with Crippen molar-refractivity contribution in [3.05, 3.63) is 52.9 Å². The average molecular weight is 407 g/mol. The summed E-state index contributed by atoms with van der Waals surface area (Å²) in [4.78, 5) is 29.5. The molecule has 0 bridgehead atoms. The topological polar surface area (TPSA) is 105 Å². The van der Waals surface area contributed by atoms with Crippen LogP contribution in [0.5, 0.6) is 0 Å². The summed E-state index contributed by atoms with van der Waals surface area (Å²) in [6.07, 6.45) is 0. The third-order valence-corrected chi connectivity index (χ3v) is 6.47. The number of aryl methyl sites for hydroxylation is 1. The molecule has 0 radical (unpaired) electrons. The molecule has 1 aromatic carbocycles. The number of thiophene rings is 1. The van der Waals surface area contributed by atoms with E-state index >= 15 is 0 Å². The Kier molecular flexibility index (Phi) is 5.57. The molecule has 1 aliphatic rings. The molecule has 0 spiro atoms. The Morgan fingerprint density at radius 2 is 2.00 bits per heavy atom. The average Bonchev–Trinajstić information content (AvgIpc) is 3.32. The molecule has 0 unspecified atom stereocenters.